The number of likely N-dealkylation sites (N-methyl/N-ethyl adjacent to an activating group) is 1. The third-order valence-electron chi connectivity index (χ3n) is 4.36. The minimum Gasteiger partial charge on any atom is -0.383 e. The maximum Gasteiger partial charge on any atom is 0.228 e. The second kappa shape index (κ2) is 6.83. The van der Waals surface area contributed by atoms with Gasteiger partial charge in [0.1, 0.15) is 6.10 Å². The minimum absolute atomic E-state index is 0.0627. The monoisotopic (exact) mass is 296 g/mol. The van der Waals surface area contributed by atoms with Crippen LogP contribution in [0.1, 0.15) is 30.7 Å². The van der Waals surface area contributed by atoms with E-state index in [2.05, 4.69) is 20.4 Å². The van der Waals surface area contributed by atoms with Gasteiger partial charge >= 0.3 is 0 Å². The first-order valence-electron chi connectivity index (χ1n) is 7.64. The van der Waals surface area contributed by atoms with Crippen molar-refractivity contribution in [1.82, 2.24) is 20.4 Å². The summed E-state index contributed by atoms with van der Waals surface area (Å²) in [4.78, 5) is 6.97. The number of fused-ring (bicyclic) bond motifs is 1. The van der Waals surface area contributed by atoms with Crippen LogP contribution in [0.3, 0.4) is 0 Å². The fourth-order valence-corrected chi connectivity index (χ4v) is 3.11. The van der Waals surface area contributed by atoms with Crippen LogP contribution in [-0.4, -0.2) is 67.6 Å². The molecule has 0 amide bonds. The molecule has 0 radical (unpaired) electrons. The molecule has 0 bridgehead atoms. The Kier molecular flexibility index (Phi) is 4.84. The van der Waals surface area contributed by atoms with Crippen molar-refractivity contribution in [3.05, 3.63) is 11.7 Å². The van der Waals surface area contributed by atoms with Gasteiger partial charge in [0.25, 0.3) is 0 Å². The van der Waals surface area contributed by atoms with Gasteiger partial charge in [-0.2, -0.15) is 4.98 Å². The van der Waals surface area contributed by atoms with Crippen LogP contribution < -0.4 is 5.32 Å². The van der Waals surface area contributed by atoms with Crippen LogP contribution in [0.4, 0.5) is 0 Å². The summed E-state index contributed by atoms with van der Waals surface area (Å²) in [5, 5.41) is 7.27. The third-order valence-corrected chi connectivity index (χ3v) is 4.36. The number of aromatic nitrogens is 2. The molecule has 3 atom stereocenters. The summed E-state index contributed by atoms with van der Waals surface area (Å²) >= 11 is 0. The van der Waals surface area contributed by atoms with Gasteiger partial charge in [0.2, 0.25) is 11.7 Å². The molecule has 1 aromatic heterocycles. The lowest BCUT2D eigenvalue weighted by Gasteiger charge is -2.33. The highest BCUT2D eigenvalue weighted by Gasteiger charge is 2.34. The lowest BCUT2D eigenvalue weighted by Crippen LogP contribution is -2.42. The van der Waals surface area contributed by atoms with E-state index in [0.717, 1.165) is 19.7 Å². The van der Waals surface area contributed by atoms with Crippen LogP contribution in [0, 0.1) is 0 Å². The first-order chi connectivity index (χ1) is 10.3. The molecule has 1 aromatic rings. The van der Waals surface area contributed by atoms with Gasteiger partial charge in [-0.25, -0.2) is 0 Å². The van der Waals surface area contributed by atoms with Crippen LogP contribution in [0.2, 0.25) is 0 Å². The quantitative estimate of drug-likeness (QED) is 0.813. The van der Waals surface area contributed by atoms with Gasteiger partial charge in [-0.15, -0.1) is 0 Å². The fourth-order valence-electron chi connectivity index (χ4n) is 3.11. The second-order valence-electron chi connectivity index (χ2n) is 5.80. The topological polar surface area (TPSA) is 72.7 Å². The van der Waals surface area contributed by atoms with E-state index in [0.29, 0.717) is 30.8 Å². The Morgan fingerprint density at radius 2 is 2.43 bits per heavy atom. The molecule has 0 spiro atoms. The lowest BCUT2D eigenvalue weighted by atomic mass is 10.2. The van der Waals surface area contributed by atoms with E-state index >= 15 is 0 Å². The molecular formula is C14H24N4O3. The zero-order valence-corrected chi connectivity index (χ0v) is 12.7. The van der Waals surface area contributed by atoms with E-state index in [9.17, 15) is 0 Å². The van der Waals surface area contributed by atoms with E-state index in [1.54, 1.807) is 7.11 Å². The molecule has 7 nitrogen and oxygen atoms in total. The summed E-state index contributed by atoms with van der Waals surface area (Å²) in [6.07, 6.45) is 3.10. The SMILES string of the molecule is CNC(COC)Cc1nc(C2CN3CCCC3CO2)no1. The predicted molar refractivity (Wildman–Crippen MR) is 76.0 cm³/mol. The molecule has 3 unspecified atom stereocenters. The van der Waals surface area contributed by atoms with E-state index in [1.165, 1.54) is 12.8 Å². The average Bonchev–Trinajstić information content (AvgIpc) is 3.14. The van der Waals surface area contributed by atoms with Crippen LogP contribution in [0.5, 0.6) is 0 Å². The number of hydrogen-bond acceptors (Lipinski definition) is 7. The molecular weight excluding hydrogens is 272 g/mol. The fraction of sp³-hybridized carbons (Fsp3) is 0.857. The molecule has 0 aliphatic carbocycles. The Balaban J connectivity index is 1.59. The predicted octanol–water partition coefficient (Wildman–Crippen LogP) is 0.382. The van der Waals surface area contributed by atoms with Crippen molar-refractivity contribution >= 4 is 0 Å². The van der Waals surface area contributed by atoms with Crippen molar-refractivity contribution in [2.45, 2.75) is 37.5 Å². The smallest absolute Gasteiger partial charge is 0.228 e. The van der Waals surface area contributed by atoms with Crippen LogP contribution in [0.25, 0.3) is 0 Å². The van der Waals surface area contributed by atoms with E-state index in [4.69, 9.17) is 14.0 Å². The molecule has 2 aliphatic heterocycles. The largest absolute Gasteiger partial charge is 0.383 e. The Bertz CT molecular complexity index is 453. The normalized spacial score (nSPS) is 27.7. The standard InChI is InChI=1S/C14H24N4O3/c1-15-10(8-19-2)6-13-16-14(17-21-13)12-7-18-5-3-4-11(18)9-20-12/h10-12,15H,3-9H2,1-2H3. The summed E-state index contributed by atoms with van der Waals surface area (Å²) in [5.74, 6) is 1.30. The highest BCUT2D eigenvalue weighted by Crippen LogP contribution is 2.28. The number of ether oxygens (including phenoxy) is 2. The Labute approximate surface area is 125 Å². The zero-order chi connectivity index (χ0) is 14.7. The number of methoxy groups -OCH3 is 1. The van der Waals surface area contributed by atoms with Crippen molar-refractivity contribution in [3.63, 3.8) is 0 Å². The van der Waals surface area contributed by atoms with E-state index in [-0.39, 0.29) is 12.1 Å². The number of rotatable bonds is 6. The molecule has 3 heterocycles. The van der Waals surface area contributed by atoms with Crippen molar-refractivity contribution in [3.8, 4) is 0 Å². The molecule has 0 saturated carbocycles. The van der Waals surface area contributed by atoms with E-state index in [1.807, 2.05) is 7.05 Å². The number of nitrogens with one attached hydrogen (secondary N) is 1. The van der Waals surface area contributed by atoms with Gasteiger partial charge in [0, 0.05) is 32.2 Å². The summed E-state index contributed by atoms with van der Waals surface area (Å²) in [6, 6.07) is 0.765. The number of morpholine rings is 1. The van der Waals surface area contributed by atoms with Gasteiger partial charge in [-0.1, -0.05) is 5.16 Å². The third kappa shape index (κ3) is 3.42. The Morgan fingerprint density at radius 3 is 3.24 bits per heavy atom. The first kappa shape index (κ1) is 14.9. The maximum absolute atomic E-state index is 5.90. The summed E-state index contributed by atoms with van der Waals surface area (Å²) in [5.41, 5.74) is 0. The second-order valence-corrected chi connectivity index (χ2v) is 5.80. The number of hydrogen-bond donors (Lipinski definition) is 1. The summed E-state index contributed by atoms with van der Waals surface area (Å²) in [6.45, 7) is 3.42. The van der Waals surface area contributed by atoms with Crippen LogP contribution in [-0.2, 0) is 15.9 Å². The molecule has 21 heavy (non-hydrogen) atoms. The minimum atomic E-state index is -0.0627. The average molecular weight is 296 g/mol. The Morgan fingerprint density at radius 1 is 1.52 bits per heavy atom. The number of nitrogens with zero attached hydrogens (tertiary/aromatic N) is 3. The summed E-state index contributed by atoms with van der Waals surface area (Å²) < 4.78 is 16.4. The maximum atomic E-state index is 5.90. The molecule has 0 aromatic carbocycles. The van der Waals surface area contributed by atoms with Gasteiger partial charge in [0.05, 0.1) is 13.2 Å². The molecule has 7 heteroatoms. The van der Waals surface area contributed by atoms with Crippen molar-refractivity contribution < 1.29 is 14.0 Å². The molecule has 118 valence electrons. The van der Waals surface area contributed by atoms with Crippen molar-refractivity contribution in [1.29, 1.82) is 0 Å². The van der Waals surface area contributed by atoms with Crippen molar-refractivity contribution in [2.24, 2.45) is 0 Å². The van der Waals surface area contributed by atoms with E-state index < -0.39 is 0 Å². The van der Waals surface area contributed by atoms with Gasteiger partial charge in [0.15, 0.2) is 0 Å². The van der Waals surface area contributed by atoms with Gasteiger partial charge in [-0.05, 0) is 26.4 Å². The first-order valence-corrected chi connectivity index (χ1v) is 7.64. The zero-order valence-electron chi connectivity index (χ0n) is 12.7. The summed E-state index contributed by atoms with van der Waals surface area (Å²) in [7, 11) is 3.59. The molecule has 2 fully saturated rings. The molecule has 2 aliphatic rings. The van der Waals surface area contributed by atoms with Gasteiger partial charge < -0.3 is 19.3 Å². The lowest BCUT2D eigenvalue weighted by molar-refractivity contribution is -0.0548. The molecule has 3 rings (SSSR count). The van der Waals surface area contributed by atoms with Gasteiger partial charge in [-0.3, -0.25) is 4.90 Å². The van der Waals surface area contributed by atoms with Crippen LogP contribution >= 0.6 is 0 Å². The van der Waals surface area contributed by atoms with Crippen molar-refractivity contribution in [2.75, 3.05) is 40.5 Å². The molecule has 1 N–H and O–H groups in total. The highest BCUT2D eigenvalue weighted by molar-refractivity contribution is 4.98. The molecule has 2 saturated heterocycles. The Hall–Kier alpha value is -1.02. The highest BCUT2D eigenvalue weighted by atomic mass is 16.5. The van der Waals surface area contributed by atoms with Crippen LogP contribution in [0.15, 0.2) is 4.52 Å².